The Kier molecular flexibility index (Phi) is 4.02. The van der Waals surface area contributed by atoms with E-state index >= 15 is 0 Å². The van der Waals surface area contributed by atoms with Gasteiger partial charge in [-0.25, -0.2) is 0 Å². The molecule has 2 aliphatic rings. The summed E-state index contributed by atoms with van der Waals surface area (Å²) in [6.45, 7) is 8.12. The van der Waals surface area contributed by atoms with Crippen LogP contribution in [0, 0.1) is 0 Å². The second-order valence-electron chi connectivity index (χ2n) is 6.94. The van der Waals surface area contributed by atoms with Gasteiger partial charge in [-0.15, -0.1) is 0 Å². The predicted octanol–water partition coefficient (Wildman–Crippen LogP) is 3.92. The number of anilines is 1. The third-order valence-electron chi connectivity index (χ3n) is 5.06. The van der Waals surface area contributed by atoms with Crippen molar-refractivity contribution in [3.8, 4) is 0 Å². The van der Waals surface area contributed by atoms with Gasteiger partial charge in [0.1, 0.15) is 0 Å². The molecular weight excluding hydrogens is 244 g/mol. The molecule has 2 fully saturated rings. The van der Waals surface area contributed by atoms with Gasteiger partial charge in [-0.1, -0.05) is 38.8 Å². The molecule has 0 unspecified atom stereocenters. The van der Waals surface area contributed by atoms with E-state index in [2.05, 4.69) is 48.3 Å². The molecular formula is C18H28N2. The van der Waals surface area contributed by atoms with Crippen molar-refractivity contribution in [3.63, 3.8) is 0 Å². The van der Waals surface area contributed by atoms with Gasteiger partial charge in [0.05, 0.1) is 0 Å². The van der Waals surface area contributed by atoms with Gasteiger partial charge in [-0.3, -0.25) is 0 Å². The van der Waals surface area contributed by atoms with Crippen LogP contribution in [0.1, 0.15) is 57.4 Å². The lowest BCUT2D eigenvalue weighted by atomic mass is 9.96. The fourth-order valence-electron chi connectivity index (χ4n) is 3.81. The van der Waals surface area contributed by atoms with Gasteiger partial charge in [0.15, 0.2) is 0 Å². The molecule has 1 saturated heterocycles. The summed E-state index contributed by atoms with van der Waals surface area (Å²) in [7, 11) is 0. The zero-order valence-electron chi connectivity index (χ0n) is 13.0. The van der Waals surface area contributed by atoms with Crippen molar-refractivity contribution < 1.29 is 0 Å². The molecule has 20 heavy (non-hydrogen) atoms. The summed E-state index contributed by atoms with van der Waals surface area (Å²) < 4.78 is 0. The molecule has 1 spiro atoms. The van der Waals surface area contributed by atoms with E-state index in [-0.39, 0.29) is 0 Å². The highest BCUT2D eigenvalue weighted by Crippen LogP contribution is 2.33. The molecule has 1 N–H and O–H groups in total. The van der Waals surface area contributed by atoms with Gasteiger partial charge in [-0.2, -0.15) is 0 Å². The Morgan fingerprint density at radius 3 is 2.70 bits per heavy atom. The molecule has 1 aromatic rings. The van der Waals surface area contributed by atoms with Crippen LogP contribution in [-0.4, -0.2) is 25.2 Å². The topological polar surface area (TPSA) is 15.3 Å². The molecule has 0 radical (unpaired) electrons. The summed E-state index contributed by atoms with van der Waals surface area (Å²) in [5.41, 5.74) is 3.27. The van der Waals surface area contributed by atoms with Crippen molar-refractivity contribution in [1.29, 1.82) is 0 Å². The van der Waals surface area contributed by atoms with Crippen molar-refractivity contribution in [1.82, 2.24) is 5.32 Å². The minimum absolute atomic E-state index is 0.393. The largest absolute Gasteiger partial charge is 0.370 e. The van der Waals surface area contributed by atoms with Gasteiger partial charge >= 0.3 is 0 Å². The number of hydrogen-bond acceptors (Lipinski definition) is 2. The van der Waals surface area contributed by atoms with E-state index in [1.54, 1.807) is 0 Å². The van der Waals surface area contributed by atoms with Crippen LogP contribution < -0.4 is 10.2 Å². The minimum atomic E-state index is 0.393. The van der Waals surface area contributed by atoms with E-state index < -0.39 is 0 Å². The van der Waals surface area contributed by atoms with E-state index in [0.29, 0.717) is 11.5 Å². The zero-order valence-corrected chi connectivity index (χ0v) is 13.0. The Balaban J connectivity index is 1.82. The molecule has 0 bridgehead atoms. The Morgan fingerprint density at radius 1 is 1.15 bits per heavy atom. The van der Waals surface area contributed by atoms with E-state index in [1.807, 2.05) is 0 Å². The maximum Gasteiger partial charge on any atom is 0.0369 e. The Labute approximate surface area is 123 Å². The summed E-state index contributed by atoms with van der Waals surface area (Å²) in [5, 5.41) is 3.85. The SMILES string of the molecule is CC(C)c1cccc(N2CCCNC3(CCCC3)C2)c1. The lowest BCUT2D eigenvalue weighted by molar-refractivity contribution is 0.354. The highest BCUT2D eigenvalue weighted by molar-refractivity contribution is 5.50. The summed E-state index contributed by atoms with van der Waals surface area (Å²) in [6.07, 6.45) is 6.76. The van der Waals surface area contributed by atoms with Crippen molar-refractivity contribution in [2.24, 2.45) is 0 Å². The second-order valence-corrected chi connectivity index (χ2v) is 6.94. The summed E-state index contributed by atoms with van der Waals surface area (Å²) in [4.78, 5) is 2.62. The standard InChI is InChI=1S/C18H28N2/c1-15(2)16-7-5-8-17(13-16)20-12-6-11-19-18(14-20)9-3-4-10-18/h5,7-8,13,15,19H,3-4,6,9-12,14H2,1-2H3. The number of rotatable bonds is 2. The molecule has 1 aliphatic carbocycles. The highest BCUT2D eigenvalue weighted by Gasteiger charge is 2.36. The van der Waals surface area contributed by atoms with Crippen molar-refractivity contribution in [2.45, 2.75) is 57.4 Å². The lowest BCUT2D eigenvalue weighted by Gasteiger charge is -2.34. The Morgan fingerprint density at radius 2 is 1.95 bits per heavy atom. The molecule has 2 heteroatoms. The van der Waals surface area contributed by atoms with Crippen LogP contribution in [0.15, 0.2) is 24.3 Å². The van der Waals surface area contributed by atoms with Crippen LogP contribution in [0.5, 0.6) is 0 Å². The molecule has 1 saturated carbocycles. The average Bonchev–Trinajstić information content (AvgIpc) is 2.79. The van der Waals surface area contributed by atoms with Gasteiger partial charge < -0.3 is 10.2 Å². The first-order chi connectivity index (χ1) is 9.69. The third kappa shape index (κ3) is 2.85. The molecule has 0 aromatic heterocycles. The van der Waals surface area contributed by atoms with Crippen LogP contribution in [0.25, 0.3) is 0 Å². The normalized spacial score (nSPS) is 22.4. The third-order valence-corrected chi connectivity index (χ3v) is 5.06. The molecule has 0 atom stereocenters. The molecule has 1 aromatic carbocycles. The van der Waals surface area contributed by atoms with Crippen molar-refractivity contribution >= 4 is 5.69 Å². The fourth-order valence-corrected chi connectivity index (χ4v) is 3.81. The summed E-state index contributed by atoms with van der Waals surface area (Å²) >= 11 is 0. The van der Waals surface area contributed by atoms with Gasteiger partial charge in [0.2, 0.25) is 0 Å². The first-order valence-corrected chi connectivity index (χ1v) is 8.29. The summed E-state index contributed by atoms with van der Waals surface area (Å²) in [6, 6.07) is 9.18. The maximum absolute atomic E-state index is 3.85. The van der Waals surface area contributed by atoms with Crippen LogP contribution in [0.4, 0.5) is 5.69 Å². The van der Waals surface area contributed by atoms with E-state index in [0.717, 1.165) is 0 Å². The molecule has 1 heterocycles. The number of hydrogen-bond donors (Lipinski definition) is 1. The second kappa shape index (κ2) is 5.77. The molecule has 1 aliphatic heterocycles. The van der Waals surface area contributed by atoms with Crippen molar-refractivity contribution in [2.75, 3.05) is 24.5 Å². The quantitative estimate of drug-likeness (QED) is 0.877. The first-order valence-electron chi connectivity index (χ1n) is 8.29. The first kappa shape index (κ1) is 13.9. The molecule has 3 rings (SSSR count). The van der Waals surface area contributed by atoms with Crippen LogP contribution in [-0.2, 0) is 0 Å². The number of nitrogens with zero attached hydrogens (tertiary/aromatic N) is 1. The number of benzene rings is 1. The highest BCUT2D eigenvalue weighted by atomic mass is 15.2. The fraction of sp³-hybridized carbons (Fsp3) is 0.667. The van der Waals surface area contributed by atoms with Gasteiger partial charge in [0.25, 0.3) is 0 Å². The lowest BCUT2D eigenvalue weighted by Crippen LogP contribution is -2.49. The van der Waals surface area contributed by atoms with Gasteiger partial charge in [0, 0.05) is 24.3 Å². The van der Waals surface area contributed by atoms with Crippen LogP contribution in [0.3, 0.4) is 0 Å². The maximum atomic E-state index is 3.85. The van der Waals surface area contributed by atoms with E-state index in [1.165, 1.54) is 63.0 Å². The Hall–Kier alpha value is -1.02. The smallest absolute Gasteiger partial charge is 0.0369 e. The van der Waals surface area contributed by atoms with E-state index in [4.69, 9.17) is 0 Å². The van der Waals surface area contributed by atoms with Crippen molar-refractivity contribution in [3.05, 3.63) is 29.8 Å². The predicted molar refractivity (Wildman–Crippen MR) is 86.6 cm³/mol. The Bertz CT molecular complexity index is 446. The molecule has 2 nitrogen and oxygen atoms in total. The van der Waals surface area contributed by atoms with Crippen LogP contribution in [0.2, 0.25) is 0 Å². The van der Waals surface area contributed by atoms with E-state index in [9.17, 15) is 0 Å². The van der Waals surface area contributed by atoms with Crippen LogP contribution >= 0.6 is 0 Å². The molecule has 0 amide bonds. The summed E-state index contributed by atoms with van der Waals surface area (Å²) in [5.74, 6) is 0.612. The monoisotopic (exact) mass is 272 g/mol. The van der Waals surface area contributed by atoms with Gasteiger partial charge in [-0.05, 0) is 49.4 Å². The zero-order chi connectivity index (χ0) is 14.0. The molecule has 110 valence electrons. The average molecular weight is 272 g/mol. The number of nitrogens with one attached hydrogen (secondary N) is 1. The minimum Gasteiger partial charge on any atom is -0.370 e.